The van der Waals surface area contributed by atoms with E-state index in [0.717, 1.165) is 44.3 Å². The van der Waals surface area contributed by atoms with Crippen LogP contribution in [-0.4, -0.2) is 61.7 Å². The minimum atomic E-state index is -0.248. The summed E-state index contributed by atoms with van der Waals surface area (Å²) in [6.07, 6.45) is 3.58. The van der Waals surface area contributed by atoms with Crippen LogP contribution in [0, 0.1) is 11.8 Å². The summed E-state index contributed by atoms with van der Waals surface area (Å²) in [6, 6.07) is 7.80. The molecule has 0 spiro atoms. The number of amidine groups is 1. The molecular weight excluding hydrogens is 388 g/mol. The molecule has 1 aromatic rings. The molecule has 2 heterocycles. The van der Waals surface area contributed by atoms with E-state index in [9.17, 15) is 4.79 Å². The average Bonchev–Trinajstić information content (AvgIpc) is 3.55. The van der Waals surface area contributed by atoms with Gasteiger partial charge in [-0.25, -0.2) is 4.99 Å². The molecule has 2 fully saturated rings. The fraction of sp³-hybridized carbons (Fsp3) is 0.680. The number of carbonyl (C=O) groups excluding carboxylic acids is 1. The summed E-state index contributed by atoms with van der Waals surface area (Å²) in [5.74, 6) is 1.37. The van der Waals surface area contributed by atoms with Crippen LogP contribution in [0.25, 0.3) is 0 Å². The zero-order chi connectivity index (χ0) is 22.3. The highest BCUT2D eigenvalue weighted by Crippen LogP contribution is 2.46. The Bertz CT molecular complexity index is 848. The van der Waals surface area contributed by atoms with Gasteiger partial charge in [0.15, 0.2) is 0 Å². The molecule has 3 aliphatic rings. The number of nitrogens with zero attached hydrogens (tertiary/aromatic N) is 4. The molecular formula is C25H38N4O2. The number of rotatable bonds is 2. The van der Waals surface area contributed by atoms with Crippen molar-refractivity contribution in [2.75, 3.05) is 43.0 Å². The van der Waals surface area contributed by atoms with Crippen molar-refractivity contribution >= 4 is 23.3 Å². The largest absolute Gasteiger partial charge is 0.459 e. The van der Waals surface area contributed by atoms with Crippen molar-refractivity contribution in [2.45, 2.75) is 65.5 Å². The van der Waals surface area contributed by atoms with Crippen LogP contribution in [0.5, 0.6) is 0 Å². The van der Waals surface area contributed by atoms with Gasteiger partial charge in [0.05, 0.1) is 0 Å². The Balaban J connectivity index is 1.48. The van der Waals surface area contributed by atoms with E-state index < -0.39 is 0 Å². The number of hydrogen-bond acceptors (Lipinski definition) is 4. The number of hydrogen-bond donors (Lipinski definition) is 0. The first-order chi connectivity index (χ1) is 14.7. The summed E-state index contributed by atoms with van der Waals surface area (Å²) in [7, 11) is 1.80. The predicted octanol–water partition coefficient (Wildman–Crippen LogP) is 3.93. The van der Waals surface area contributed by atoms with Gasteiger partial charge in [0.2, 0.25) is 5.91 Å². The number of anilines is 2. The van der Waals surface area contributed by atoms with Crippen molar-refractivity contribution in [3.05, 3.63) is 23.8 Å². The molecule has 4 rings (SSSR count). The van der Waals surface area contributed by atoms with Crippen LogP contribution in [0.4, 0.5) is 11.4 Å². The molecule has 0 bridgehead atoms. The van der Waals surface area contributed by atoms with Gasteiger partial charge in [0, 0.05) is 57.6 Å². The van der Waals surface area contributed by atoms with Gasteiger partial charge in [-0.2, -0.15) is 0 Å². The summed E-state index contributed by atoms with van der Waals surface area (Å²) >= 11 is 0. The summed E-state index contributed by atoms with van der Waals surface area (Å²) < 4.78 is 6.04. The summed E-state index contributed by atoms with van der Waals surface area (Å²) in [4.78, 5) is 23.7. The fourth-order valence-electron chi connectivity index (χ4n) is 5.22. The van der Waals surface area contributed by atoms with E-state index in [2.05, 4.69) is 65.6 Å². The quantitative estimate of drug-likeness (QED) is 0.531. The van der Waals surface area contributed by atoms with Crippen LogP contribution in [-0.2, 0) is 16.0 Å². The number of aliphatic imine (C=N–C) groups is 1. The minimum absolute atomic E-state index is 0.177. The zero-order valence-corrected chi connectivity index (χ0v) is 20.0. The average molecular weight is 427 g/mol. The monoisotopic (exact) mass is 426 g/mol. The van der Waals surface area contributed by atoms with Crippen LogP contribution in [0.3, 0.4) is 0 Å². The molecule has 0 aromatic heterocycles. The molecule has 2 atom stereocenters. The normalized spacial score (nSPS) is 24.8. The van der Waals surface area contributed by atoms with E-state index in [1.54, 1.807) is 14.0 Å². The second kappa shape index (κ2) is 8.36. The molecule has 6 nitrogen and oxygen atoms in total. The van der Waals surface area contributed by atoms with Gasteiger partial charge < -0.3 is 19.4 Å². The Morgan fingerprint density at radius 1 is 1.13 bits per heavy atom. The number of carbonyl (C=O) groups is 1. The van der Waals surface area contributed by atoms with E-state index in [0.29, 0.717) is 17.9 Å². The second-order valence-corrected chi connectivity index (χ2v) is 10.4. The van der Waals surface area contributed by atoms with Gasteiger partial charge >= 0.3 is 0 Å². The van der Waals surface area contributed by atoms with Crippen LogP contribution in [0.1, 0.15) is 53.0 Å². The highest BCUT2D eigenvalue weighted by Gasteiger charge is 2.43. The first-order valence-electron chi connectivity index (χ1n) is 11.8. The maximum atomic E-state index is 12.6. The fourth-order valence-corrected chi connectivity index (χ4v) is 5.22. The maximum Gasteiger partial charge on any atom is 0.287 e. The first-order valence-corrected chi connectivity index (χ1v) is 11.8. The smallest absolute Gasteiger partial charge is 0.287 e. The third kappa shape index (κ3) is 4.68. The number of amides is 1. The van der Waals surface area contributed by atoms with Crippen molar-refractivity contribution in [3.63, 3.8) is 0 Å². The molecule has 2 aliphatic heterocycles. The lowest BCUT2D eigenvalue weighted by Crippen LogP contribution is -2.51. The van der Waals surface area contributed by atoms with E-state index >= 15 is 0 Å². The van der Waals surface area contributed by atoms with Crippen molar-refractivity contribution in [1.82, 2.24) is 4.90 Å². The third-order valence-corrected chi connectivity index (χ3v) is 6.69. The Hall–Kier alpha value is -2.24. The number of fused-ring (bicyclic) bond motifs is 1. The highest BCUT2D eigenvalue weighted by molar-refractivity contribution is 5.94. The van der Waals surface area contributed by atoms with Crippen LogP contribution < -0.4 is 9.80 Å². The van der Waals surface area contributed by atoms with Gasteiger partial charge in [0.25, 0.3) is 6.02 Å². The number of piperazine rings is 1. The van der Waals surface area contributed by atoms with Gasteiger partial charge in [-0.15, -0.1) is 0 Å². The minimum Gasteiger partial charge on any atom is -0.459 e. The number of benzene rings is 1. The van der Waals surface area contributed by atoms with Crippen molar-refractivity contribution in [2.24, 2.45) is 16.8 Å². The van der Waals surface area contributed by atoms with E-state index in [4.69, 9.17) is 4.74 Å². The van der Waals surface area contributed by atoms with Gasteiger partial charge in [-0.3, -0.25) is 4.79 Å². The van der Waals surface area contributed by atoms with Crippen LogP contribution >= 0.6 is 0 Å². The second-order valence-electron chi connectivity index (χ2n) is 10.4. The molecule has 1 saturated heterocycles. The molecule has 1 aromatic carbocycles. The lowest BCUT2D eigenvalue weighted by Gasteiger charge is -2.42. The van der Waals surface area contributed by atoms with Gasteiger partial charge in [-0.05, 0) is 75.6 Å². The van der Waals surface area contributed by atoms with Crippen molar-refractivity contribution in [1.29, 1.82) is 0 Å². The Labute approximate surface area is 187 Å². The summed E-state index contributed by atoms with van der Waals surface area (Å²) in [6.45, 7) is 13.8. The van der Waals surface area contributed by atoms with E-state index in [1.165, 1.54) is 24.1 Å². The maximum absolute atomic E-state index is 12.6. The standard InChI is InChI=1S/C25H38N4O2/c1-17-15-20-16-21(9-10-22(20)29(18(2)30)23(17)19-7-8-19)27-11-13-28(14-12-27)24(26-6)31-25(3,4)5/h9-10,16-17,19,23H,7-8,11-15H2,1-6H3/t17?,23-/m1/s1. The van der Waals surface area contributed by atoms with Crippen molar-refractivity contribution in [3.8, 4) is 0 Å². The van der Waals surface area contributed by atoms with Crippen molar-refractivity contribution < 1.29 is 9.53 Å². The number of ether oxygens (including phenoxy) is 1. The third-order valence-electron chi connectivity index (χ3n) is 6.69. The Morgan fingerprint density at radius 3 is 2.35 bits per heavy atom. The zero-order valence-electron chi connectivity index (χ0n) is 20.0. The molecule has 170 valence electrons. The SMILES string of the molecule is CN=C(OC(C)(C)C)N1CCN(c2ccc3c(c2)CC(C)[C@H](C2CC2)N3C(C)=O)CC1. The molecule has 6 heteroatoms. The van der Waals surface area contributed by atoms with Crippen LogP contribution in [0.15, 0.2) is 23.2 Å². The topological polar surface area (TPSA) is 48.4 Å². The van der Waals surface area contributed by atoms with E-state index in [-0.39, 0.29) is 11.5 Å². The Kier molecular flexibility index (Phi) is 5.93. The summed E-state index contributed by atoms with van der Waals surface area (Å²) in [5.41, 5.74) is 3.45. The molecule has 1 aliphatic carbocycles. The first kappa shape index (κ1) is 22.0. The lowest BCUT2D eigenvalue weighted by atomic mass is 9.84. The highest BCUT2D eigenvalue weighted by atomic mass is 16.5. The van der Waals surface area contributed by atoms with Gasteiger partial charge in [-0.1, -0.05) is 6.92 Å². The summed E-state index contributed by atoms with van der Waals surface area (Å²) in [5, 5.41) is 0. The Morgan fingerprint density at radius 2 is 1.81 bits per heavy atom. The molecule has 0 N–H and O–H groups in total. The van der Waals surface area contributed by atoms with Crippen LogP contribution in [0.2, 0.25) is 0 Å². The molecule has 31 heavy (non-hydrogen) atoms. The van der Waals surface area contributed by atoms with Gasteiger partial charge in [0.1, 0.15) is 5.60 Å². The molecule has 1 saturated carbocycles. The van der Waals surface area contributed by atoms with E-state index in [1.807, 2.05) is 0 Å². The molecule has 1 unspecified atom stereocenters. The lowest BCUT2D eigenvalue weighted by molar-refractivity contribution is -0.117. The molecule has 0 radical (unpaired) electrons. The predicted molar refractivity (Wildman–Crippen MR) is 127 cm³/mol. The molecule has 1 amide bonds.